The maximum absolute atomic E-state index is 4.99. The average Bonchev–Trinajstić information content (AvgIpc) is 2.50. The summed E-state index contributed by atoms with van der Waals surface area (Å²) in [6.07, 6.45) is 5.22. The Hall–Kier alpha value is -1.71. The van der Waals surface area contributed by atoms with Gasteiger partial charge in [-0.3, -0.25) is 4.98 Å². The molecule has 0 saturated heterocycles. The van der Waals surface area contributed by atoms with Crippen LogP contribution in [0.15, 0.2) is 42.6 Å². The Morgan fingerprint density at radius 3 is 3.00 bits per heavy atom. The number of benzene rings is 1. The number of ether oxygens (including phenoxy) is 1. The summed E-state index contributed by atoms with van der Waals surface area (Å²) in [5.74, 6) is 0. The number of nitrogens with zero attached hydrogens (tertiary/aromatic N) is 1. The number of hydrogen-bond acceptors (Lipinski definition) is 3. The molecule has 106 valence electrons. The van der Waals surface area contributed by atoms with Crippen LogP contribution in [0.2, 0.25) is 0 Å². The van der Waals surface area contributed by atoms with Gasteiger partial charge in [0, 0.05) is 25.2 Å². The van der Waals surface area contributed by atoms with Gasteiger partial charge in [-0.05, 0) is 43.2 Å². The van der Waals surface area contributed by atoms with Crippen molar-refractivity contribution in [2.24, 2.45) is 0 Å². The Morgan fingerprint density at radius 1 is 1.30 bits per heavy atom. The van der Waals surface area contributed by atoms with Crippen LogP contribution in [0.25, 0.3) is 16.5 Å². The summed E-state index contributed by atoms with van der Waals surface area (Å²) in [5.41, 5.74) is 3.52. The standard InChI is InChI=1S/C17H22N2O/c1-14(6-5-9-18-10-11-20-2)16-12-15-7-3-4-8-17(15)19-13-16/h3-4,6-8,12-13,18H,5,9-11H2,1-2H3. The number of fused-ring (bicyclic) bond motifs is 1. The fraction of sp³-hybridized carbons (Fsp3) is 0.353. The van der Waals surface area contributed by atoms with Crippen LogP contribution in [0.1, 0.15) is 18.9 Å². The molecule has 1 aromatic heterocycles. The molecule has 20 heavy (non-hydrogen) atoms. The van der Waals surface area contributed by atoms with Crippen molar-refractivity contribution in [2.75, 3.05) is 26.8 Å². The van der Waals surface area contributed by atoms with Gasteiger partial charge in [0.1, 0.15) is 0 Å². The van der Waals surface area contributed by atoms with E-state index in [-0.39, 0.29) is 0 Å². The fourth-order valence-corrected chi connectivity index (χ4v) is 2.09. The van der Waals surface area contributed by atoms with E-state index in [1.54, 1.807) is 7.11 Å². The third-order valence-electron chi connectivity index (χ3n) is 3.30. The van der Waals surface area contributed by atoms with Gasteiger partial charge in [0.15, 0.2) is 0 Å². The van der Waals surface area contributed by atoms with E-state index in [9.17, 15) is 0 Å². The molecule has 0 bridgehead atoms. The fourth-order valence-electron chi connectivity index (χ4n) is 2.09. The number of methoxy groups -OCH3 is 1. The van der Waals surface area contributed by atoms with Gasteiger partial charge in [0.2, 0.25) is 0 Å². The number of nitrogens with one attached hydrogen (secondary N) is 1. The Kier molecular flexibility index (Phi) is 5.71. The first-order valence-corrected chi connectivity index (χ1v) is 7.03. The number of aromatic nitrogens is 1. The zero-order chi connectivity index (χ0) is 14.2. The Bertz CT molecular complexity index is 578. The molecule has 1 aromatic carbocycles. The molecule has 2 rings (SSSR count). The van der Waals surface area contributed by atoms with Gasteiger partial charge in [-0.25, -0.2) is 0 Å². The van der Waals surface area contributed by atoms with Crippen molar-refractivity contribution in [3.63, 3.8) is 0 Å². The third kappa shape index (κ3) is 4.15. The van der Waals surface area contributed by atoms with Crippen LogP contribution in [0.3, 0.4) is 0 Å². The van der Waals surface area contributed by atoms with E-state index in [0.717, 1.165) is 31.6 Å². The lowest BCUT2D eigenvalue weighted by atomic mass is 10.1. The Labute approximate surface area is 120 Å². The number of pyridine rings is 1. The zero-order valence-corrected chi connectivity index (χ0v) is 12.2. The second kappa shape index (κ2) is 7.78. The highest BCUT2D eigenvalue weighted by Gasteiger charge is 1.99. The SMILES string of the molecule is COCCNCCC=C(C)c1cnc2ccccc2c1. The molecule has 3 heteroatoms. The lowest BCUT2D eigenvalue weighted by molar-refractivity contribution is 0.199. The highest BCUT2D eigenvalue weighted by atomic mass is 16.5. The lowest BCUT2D eigenvalue weighted by Gasteiger charge is -2.05. The lowest BCUT2D eigenvalue weighted by Crippen LogP contribution is -2.19. The van der Waals surface area contributed by atoms with E-state index >= 15 is 0 Å². The molecule has 0 amide bonds. The van der Waals surface area contributed by atoms with Gasteiger partial charge in [-0.1, -0.05) is 24.3 Å². The van der Waals surface area contributed by atoms with Crippen molar-refractivity contribution in [1.29, 1.82) is 0 Å². The number of hydrogen-bond donors (Lipinski definition) is 1. The van der Waals surface area contributed by atoms with E-state index in [1.165, 1.54) is 16.5 Å². The molecule has 0 radical (unpaired) electrons. The molecule has 3 nitrogen and oxygen atoms in total. The molecule has 0 aliphatic carbocycles. The molecular weight excluding hydrogens is 248 g/mol. The van der Waals surface area contributed by atoms with E-state index in [2.05, 4.69) is 35.4 Å². The van der Waals surface area contributed by atoms with Crippen molar-refractivity contribution in [3.05, 3.63) is 48.2 Å². The van der Waals surface area contributed by atoms with Gasteiger partial charge in [-0.2, -0.15) is 0 Å². The van der Waals surface area contributed by atoms with Crippen LogP contribution in [0.5, 0.6) is 0 Å². The van der Waals surface area contributed by atoms with Crippen LogP contribution >= 0.6 is 0 Å². The van der Waals surface area contributed by atoms with Gasteiger partial charge < -0.3 is 10.1 Å². The summed E-state index contributed by atoms with van der Waals surface area (Å²) in [5, 5.41) is 4.53. The summed E-state index contributed by atoms with van der Waals surface area (Å²) >= 11 is 0. The van der Waals surface area contributed by atoms with Gasteiger partial charge in [-0.15, -0.1) is 0 Å². The summed E-state index contributed by atoms with van der Waals surface area (Å²) in [7, 11) is 1.72. The molecule has 0 atom stereocenters. The number of rotatable bonds is 7. The predicted molar refractivity (Wildman–Crippen MR) is 84.8 cm³/mol. The monoisotopic (exact) mass is 270 g/mol. The summed E-state index contributed by atoms with van der Waals surface area (Å²) in [4.78, 5) is 4.50. The topological polar surface area (TPSA) is 34.1 Å². The molecule has 0 unspecified atom stereocenters. The average molecular weight is 270 g/mol. The summed E-state index contributed by atoms with van der Waals surface area (Å²) < 4.78 is 4.99. The minimum Gasteiger partial charge on any atom is -0.383 e. The highest BCUT2D eigenvalue weighted by Crippen LogP contribution is 2.18. The number of para-hydroxylation sites is 1. The maximum Gasteiger partial charge on any atom is 0.0702 e. The smallest absolute Gasteiger partial charge is 0.0702 e. The first-order chi connectivity index (χ1) is 9.81. The van der Waals surface area contributed by atoms with Crippen LogP contribution in [-0.2, 0) is 4.74 Å². The van der Waals surface area contributed by atoms with Crippen molar-refractivity contribution in [3.8, 4) is 0 Å². The van der Waals surface area contributed by atoms with Crippen molar-refractivity contribution >= 4 is 16.5 Å². The van der Waals surface area contributed by atoms with Crippen LogP contribution in [0.4, 0.5) is 0 Å². The third-order valence-corrected chi connectivity index (χ3v) is 3.30. The molecule has 0 aliphatic heterocycles. The molecule has 0 aliphatic rings. The van der Waals surface area contributed by atoms with Crippen LogP contribution < -0.4 is 5.32 Å². The van der Waals surface area contributed by atoms with Crippen LogP contribution in [-0.4, -0.2) is 31.8 Å². The van der Waals surface area contributed by atoms with Crippen molar-refractivity contribution < 1.29 is 4.74 Å². The van der Waals surface area contributed by atoms with E-state index < -0.39 is 0 Å². The van der Waals surface area contributed by atoms with E-state index in [1.807, 2.05) is 24.4 Å². The van der Waals surface area contributed by atoms with E-state index in [0.29, 0.717) is 0 Å². The Balaban J connectivity index is 1.94. The quantitative estimate of drug-likeness (QED) is 0.784. The molecule has 2 aromatic rings. The minimum absolute atomic E-state index is 0.761. The first-order valence-electron chi connectivity index (χ1n) is 7.03. The molecule has 0 spiro atoms. The van der Waals surface area contributed by atoms with Gasteiger partial charge >= 0.3 is 0 Å². The molecule has 0 saturated carbocycles. The molecule has 0 fully saturated rings. The zero-order valence-electron chi connectivity index (χ0n) is 12.2. The van der Waals surface area contributed by atoms with Crippen molar-refractivity contribution in [2.45, 2.75) is 13.3 Å². The first kappa shape index (κ1) is 14.7. The van der Waals surface area contributed by atoms with Crippen molar-refractivity contribution in [1.82, 2.24) is 10.3 Å². The van der Waals surface area contributed by atoms with Gasteiger partial charge in [0.05, 0.1) is 12.1 Å². The summed E-state index contributed by atoms with van der Waals surface area (Å²) in [6.45, 7) is 4.78. The minimum atomic E-state index is 0.761. The normalized spacial score (nSPS) is 12.0. The molecule has 1 N–H and O–H groups in total. The highest BCUT2D eigenvalue weighted by molar-refractivity contribution is 5.82. The Morgan fingerprint density at radius 2 is 2.15 bits per heavy atom. The second-order valence-electron chi connectivity index (χ2n) is 4.84. The second-order valence-corrected chi connectivity index (χ2v) is 4.84. The molecule has 1 heterocycles. The molecular formula is C17H22N2O. The number of allylic oxidation sites excluding steroid dienone is 1. The largest absolute Gasteiger partial charge is 0.383 e. The predicted octanol–water partition coefficient (Wildman–Crippen LogP) is 3.26. The van der Waals surface area contributed by atoms with Crippen LogP contribution in [0, 0.1) is 0 Å². The van der Waals surface area contributed by atoms with E-state index in [4.69, 9.17) is 4.74 Å². The maximum atomic E-state index is 4.99. The van der Waals surface area contributed by atoms with Gasteiger partial charge in [0.25, 0.3) is 0 Å². The summed E-state index contributed by atoms with van der Waals surface area (Å²) in [6, 6.07) is 10.4.